The van der Waals surface area contributed by atoms with Crippen molar-refractivity contribution >= 4 is 24.7 Å². The highest BCUT2D eigenvalue weighted by atomic mass is 31.2. The van der Waals surface area contributed by atoms with Crippen LogP contribution in [-0.4, -0.2) is 29.6 Å². The standard InChI is InChI=1S/C13H14N3O7P/c1-3-21-24(20,22-4-2)12(9-14)15-23-13(17)10-5-7-11(8-6-10)16(18)19/h5-8H,3-4H2,1-2H3/b15-12-. The lowest BCUT2D eigenvalue weighted by Crippen LogP contribution is -2.08. The van der Waals surface area contributed by atoms with Crippen LogP contribution in [0.2, 0.25) is 0 Å². The minimum Gasteiger partial charge on any atom is -0.311 e. The van der Waals surface area contributed by atoms with E-state index in [0.717, 1.165) is 24.3 Å². The number of nitro benzene ring substituents is 1. The monoisotopic (exact) mass is 355 g/mol. The second-order valence-electron chi connectivity index (χ2n) is 4.04. The van der Waals surface area contributed by atoms with Crippen LogP contribution in [0.5, 0.6) is 0 Å². The maximum Gasteiger partial charge on any atom is 0.393 e. The molecule has 24 heavy (non-hydrogen) atoms. The van der Waals surface area contributed by atoms with E-state index in [1.54, 1.807) is 13.8 Å². The van der Waals surface area contributed by atoms with Crippen LogP contribution in [0.3, 0.4) is 0 Å². The summed E-state index contributed by atoms with van der Waals surface area (Å²) in [7, 11) is -3.98. The average Bonchev–Trinajstić information content (AvgIpc) is 2.55. The Morgan fingerprint density at radius 2 is 1.83 bits per heavy atom. The SMILES string of the molecule is CCOP(=O)(OCC)/C(C#N)=N\OC(=O)c1ccc([N+](=O)[O-])cc1. The van der Waals surface area contributed by atoms with Crippen LogP contribution in [-0.2, 0) is 18.5 Å². The summed E-state index contributed by atoms with van der Waals surface area (Å²) in [5.41, 5.74) is -0.948. The second-order valence-corrected chi connectivity index (χ2v) is 5.98. The van der Waals surface area contributed by atoms with Gasteiger partial charge in [-0.25, -0.2) is 4.79 Å². The highest BCUT2D eigenvalue weighted by Crippen LogP contribution is 2.49. The number of hydrogen-bond acceptors (Lipinski definition) is 9. The number of carbonyl (C=O) groups excluding carboxylic acids is 1. The van der Waals surface area contributed by atoms with Gasteiger partial charge in [-0.15, -0.1) is 0 Å². The molecule has 128 valence electrons. The molecule has 0 bridgehead atoms. The van der Waals surface area contributed by atoms with Gasteiger partial charge in [0.05, 0.1) is 23.7 Å². The summed E-state index contributed by atoms with van der Waals surface area (Å²) in [6.45, 7) is 3.08. The van der Waals surface area contributed by atoms with Gasteiger partial charge in [0, 0.05) is 12.1 Å². The highest BCUT2D eigenvalue weighted by Gasteiger charge is 2.33. The number of rotatable bonds is 8. The topological polar surface area (TPSA) is 141 Å². The van der Waals surface area contributed by atoms with Gasteiger partial charge < -0.3 is 13.9 Å². The number of nitrogens with zero attached hydrogens (tertiary/aromatic N) is 3. The van der Waals surface area contributed by atoms with Crippen molar-refractivity contribution in [2.45, 2.75) is 13.8 Å². The van der Waals surface area contributed by atoms with E-state index in [4.69, 9.17) is 14.3 Å². The van der Waals surface area contributed by atoms with Gasteiger partial charge in [0.25, 0.3) is 11.1 Å². The molecule has 0 aliphatic rings. The summed E-state index contributed by atoms with van der Waals surface area (Å²) in [6, 6.07) is 6.05. The number of nitriles is 1. The molecule has 1 aromatic carbocycles. The van der Waals surface area contributed by atoms with Gasteiger partial charge in [-0.05, 0) is 26.0 Å². The first-order valence-electron chi connectivity index (χ1n) is 6.71. The summed E-state index contributed by atoms with van der Waals surface area (Å²) in [5.74, 6) is -0.989. The molecule has 0 saturated heterocycles. The minimum absolute atomic E-state index is 0.00568. The van der Waals surface area contributed by atoms with Crippen molar-refractivity contribution in [1.82, 2.24) is 0 Å². The zero-order valence-corrected chi connectivity index (χ0v) is 13.8. The molecule has 0 heterocycles. The normalized spacial score (nSPS) is 11.6. The van der Waals surface area contributed by atoms with Gasteiger partial charge in [-0.2, -0.15) is 5.26 Å². The molecule has 0 aliphatic heterocycles. The molecule has 0 saturated carbocycles. The van der Waals surface area contributed by atoms with E-state index in [2.05, 4.69) is 9.99 Å². The molecule has 1 rings (SSSR count). The predicted octanol–water partition coefficient (Wildman–Crippen LogP) is 2.85. The number of benzene rings is 1. The van der Waals surface area contributed by atoms with E-state index in [1.807, 2.05) is 0 Å². The van der Waals surface area contributed by atoms with Crippen LogP contribution in [0, 0.1) is 21.4 Å². The Balaban J connectivity index is 2.95. The van der Waals surface area contributed by atoms with Gasteiger partial charge in [0.15, 0.2) is 0 Å². The number of hydrogen-bond donors (Lipinski definition) is 0. The Bertz CT molecular complexity index is 714. The van der Waals surface area contributed by atoms with Crippen molar-refractivity contribution in [3.63, 3.8) is 0 Å². The third kappa shape index (κ3) is 4.96. The highest BCUT2D eigenvalue weighted by molar-refractivity contribution is 7.73. The lowest BCUT2D eigenvalue weighted by atomic mass is 10.2. The zero-order chi connectivity index (χ0) is 18.2. The number of oxime groups is 1. The minimum atomic E-state index is -3.98. The maximum atomic E-state index is 12.3. The molecule has 0 aliphatic carbocycles. The molecule has 0 fully saturated rings. The van der Waals surface area contributed by atoms with E-state index >= 15 is 0 Å². The van der Waals surface area contributed by atoms with E-state index in [9.17, 15) is 19.5 Å². The molecule has 11 heteroatoms. The van der Waals surface area contributed by atoms with E-state index in [0.29, 0.717) is 0 Å². The van der Waals surface area contributed by atoms with Gasteiger partial charge in [-0.3, -0.25) is 14.7 Å². The van der Waals surface area contributed by atoms with Crippen molar-refractivity contribution in [3.05, 3.63) is 39.9 Å². The van der Waals surface area contributed by atoms with Gasteiger partial charge in [0.2, 0.25) is 0 Å². The van der Waals surface area contributed by atoms with Crippen LogP contribution in [0.4, 0.5) is 5.69 Å². The molecule has 10 nitrogen and oxygen atoms in total. The fraction of sp³-hybridized carbons (Fsp3) is 0.308. The van der Waals surface area contributed by atoms with Crippen LogP contribution < -0.4 is 0 Å². The summed E-state index contributed by atoms with van der Waals surface area (Å²) in [5, 5.41) is 22.8. The van der Waals surface area contributed by atoms with Gasteiger partial charge >= 0.3 is 13.6 Å². The van der Waals surface area contributed by atoms with Crippen molar-refractivity contribution in [1.29, 1.82) is 5.26 Å². The number of nitro groups is 1. The smallest absolute Gasteiger partial charge is 0.311 e. The Kier molecular flexibility index (Phi) is 7.20. The van der Waals surface area contributed by atoms with Crippen molar-refractivity contribution in [2.75, 3.05) is 13.2 Å². The molecule has 0 spiro atoms. The second kappa shape index (κ2) is 8.88. The lowest BCUT2D eigenvalue weighted by Gasteiger charge is -2.13. The van der Waals surface area contributed by atoms with Crippen LogP contribution in [0.15, 0.2) is 29.4 Å². The molecule has 0 amide bonds. The zero-order valence-electron chi connectivity index (χ0n) is 12.9. The van der Waals surface area contributed by atoms with Crippen LogP contribution >= 0.6 is 7.60 Å². The van der Waals surface area contributed by atoms with Gasteiger partial charge in [-0.1, -0.05) is 5.16 Å². The first kappa shape index (κ1) is 19.4. The Labute approximate surface area is 137 Å². The molecule has 1 aromatic rings. The number of non-ortho nitro benzene ring substituents is 1. The summed E-state index contributed by atoms with van der Waals surface area (Å²) in [6.07, 6.45) is 0. The maximum absolute atomic E-state index is 12.3. The van der Waals surface area contributed by atoms with Crippen molar-refractivity contribution in [2.24, 2.45) is 5.16 Å². The quantitative estimate of drug-likeness (QED) is 0.228. The molecule has 0 aromatic heterocycles. The molecule has 0 unspecified atom stereocenters. The van der Waals surface area contributed by atoms with Crippen LogP contribution in [0.25, 0.3) is 0 Å². The molecule has 0 N–H and O–H groups in total. The Morgan fingerprint density at radius 3 is 2.25 bits per heavy atom. The fourth-order valence-electron chi connectivity index (χ4n) is 1.49. The first-order valence-corrected chi connectivity index (χ1v) is 8.25. The van der Waals surface area contributed by atoms with Gasteiger partial charge in [0.1, 0.15) is 6.07 Å². The number of carbonyl (C=O) groups is 1. The fourth-order valence-corrected chi connectivity index (χ4v) is 2.75. The lowest BCUT2D eigenvalue weighted by molar-refractivity contribution is -0.384. The largest absolute Gasteiger partial charge is 0.393 e. The third-order valence-corrected chi connectivity index (χ3v) is 4.38. The predicted molar refractivity (Wildman–Crippen MR) is 82.4 cm³/mol. The Hall–Kier alpha value is -2.60. The van der Waals surface area contributed by atoms with Crippen molar-refractivity contribution in [3.8, 4) is 6.07 Å². The van der Waals surface area contributed by atoms with Crippen molar-refractivity contribution < 1.29 is 28.2 Å². The van der Waals surface area contributed by atoms with E-state index in [1.165, 1.54) is 6.07 Å². The third-order valence-electron chi connectivity index (χ3n) is 2.49. The summed E-state index contributed by atoms with van der Waals surface area (Å²) in [4.78, 5) is 26.3. The Morgan fingerprint density at radius 1 is 1.29 bits per heavy atom. The molecule has 0 atom stereocenters. The molecular formula is C13H14N3O7P. The van der Waals surface area contributed by atoms with E-state index in [-0.39, 0.29) is 24.5 Å². The van der Waals surface area contributed by atoms with Crippen LogP contribution in [0.1, 0.15) is 24.2 Å². The molecule has 0 radical (unpaired) electrons. The van der Waals surface area contributed by atoms with E-state index < -0.39 is 23.9 Å². The average molecular weight is 355 g/mol. The molecular weight excluding hydrogens is 341 g/mol. The summed E-state index contributed by atoms with van der Waals surface area (Å²) < 4.78 is 22.2. The first-order chi connectivity index (χ1) is 11.4. The summed E-state index contributed by atoms with van der Waals surface area (Å²) >= 11 is 0.